The van der Waals surface area contributed by atoms with E-state index in [4.69, 9.17) is 14.2 Å². The second kappa shape index (κ2) is 8.99. The van der Waals surface area contributed by atoms with Gasteiger partial charge in [-0.1, -0.05) is 12.1 Å². The molecule has 1 aliphatic rings. The van der Waals surface area contributed by atoms with Crippen molar-refractivity contribution in [3.05, 3.63) is 71.2 Å². The molecule has 0 radical (unpaired) electrons. The van der Waals surface area contributed by atoms with Gasteiger partial charge in [0.1, 0.15) is 23.7 Å². The number of aromatic nitrogens is 2. The Balaban J connectivity index is 1.64. The molecule has 160 valence electrons. The molecule has 0 aliphatic carbocycles. The Bertz CT molecular complexity index is 1110. The summed E-state index contributed by atoms with van der Waals surface area (Å²) in [5, 5.41) is 0. The van der Waals surface area contributed by atoms with Gasteiger partial charge in [0.05, 0.1) is 19.9 Å². The Morgan fingerprint density at radius 1 is 1.23 bits per heavy atom. The van der Waals surface area contributed by atoms with Gasteiger partial charge < -0.3 is 19.1 Å². The quantitative estimate of drug-likeness (QED) is 0.530. The van der Waals surface area contributed by atoms with Gasteiger partial charge in [-0.05, 0) is 54.8 Å². The predicted molar refractivity (Wildman–Crippen MR) is 112 cm³/mol. The fraction of sp³-hybridized carbons (Fsp3) is 0.261. The molecule has 0 unspecified atom stereocenters. The number of ether oxygens (including phenoxy) is 3. The standard InChI is InChI=1S/C23H22FN3O4/c1-3-30-22(28)19-13-25-23(27-10-9-16-12-17(24)7-8-20(16)27)26-21(19)31-14-15-5-4-6-18(11-15)29-2/h4-8,11-13H,3,9-10,14H2,1-2H3. The molecule has 2 aromatic carbocycles. The number of methoxy groups -OCH3 is 1. The van der Waals surface area contributed by atoms with Crippen LogP contribution < -0.4 is 14.4 Å². The summed E-state index contributed by atoms with van der Waals surface area (Å²) in [7, 11) is 1.59. The molecule has 0 saturated heterocycles. The van der Waals surface area contributed by atoms with Crippen LogP contribution >= 0.6 is 0 Å². The van der Waals surface area contributed by atoms with Crippen LogP contribution in [0.2, 0.25) is 0 Å². The summed E-state index contributed by atoms with van der Waals surface area (Å²) in [6.07, 6.45) is 2.08. The smallest absolute Gasteiger partial charge is 0.345 e. The number of esters is 1. The number of anilines is 2. The summed E-state index contributed by atoms with van der Waals surface area (Å²) >= 11 is 0. The van der Waals surface area contributed by atoms with Crippen molar-refractivity contribution in [3.8, 4) is 11.6 Å². The second-order valence-corrected chi connectivity index (χ2v) is 6.92. The first-order valence-corrected chi connectivity index (χ1v) is 9.95. The van der Waals surface area contributed by atoms with Crippen LogP contribution in [0.15, 0.2) is 48.7 Å². The van der Waals surface area contributed by atoms with Crippen molar-refractivity contribution < 1.29 is 23.4 Å². The van der Waals surface area contributed by atoms with Crippen molar-refractivity contribution in [3.63, 3.8) is 0 Å². The van der Waals surface area contributed by atoms with Crippen LogP contribution in [0.4, 0.5) is 16.0 Å². The van der Waals surface area contributed by atoms with Gasteiger partial charge in [-0.25, -0.2) is 14.2 Å². The summed E-state index contributed by atoms with van der Waals surface area (Å²) in [5.74, 6) is 0.372. The molecule has 0 N–H and O–H groups in total. The zero-order valence-electron chi connectivity index (χ0n) is 17.3. The molecular weight excluding hydrogens is 401 g/mol. The molecule has 0 atom stereocenters. The van der Waals surface area contributed by atoms with Crippen molar-refractivity contribution in [1.82, 2.24) is 9.97 Å². The van der Waals surface area contributed by atoms with Gasteiger partial charge in [-0.2, -0.15) is 4.98 Å². The average Bonchev–Trinajstić information content (AvgIpc) is 3.20. The Kier molecular flexibility index (Phi) is 5.97. The molecule has 8 heteroatoms. The predicted octanol–water partition coefficient (Wildman–Crippen LogP) is 4.07. The Morgan fingerprint density at radius 2 is 2.10 bits per heavy atom. The lowest BCUT2D eigenvalue weighted by atomic mass is 10.2. The van der Waals surface area contributed by atoms with Crippen molar-refractivity contribution in [2.75, 3.05) is 25.2 Å². The lowest BCUT2D eigenvalue weighted by Crippen LogP contribution is -2.18. The number of halogens is 1. The van der Waals surface area contributed by atoms with Gasteiger partial charge in [-0.3, -0.25) is 0 Å². The molecule has 3 aromatic rings. The van der Waals surface area contributed by atoms with Crippen LogP contribution in [-0.2, 0) is 17.8 Å². The van der Waals surface area contributed by atoms with E-state index in [1.165, 1.54) is 18.3 Å². The summed E-state index contributed by atoms with van der Waals surface area (Å²) in [6.45, 7) is 2.74. The largest absolute Gasteiger partial charge is 0.497 e. The zero-order chi connectivity index (χ0) is 21.8. The fourth-order valence-corrected chi connectivity index (χ4v) is 3.44. The highest BCUT2D eigenvalue weighted by atomic mass is 19.1. The van der Waals surface area contributed by atoms with Crippen molar-refractivity contribution in [2.45, 2.75) is 20.0 Å². The van der Waals surface area contributed by atoms with Crippen LogP contribution in [0, 0.1) is 5.82 Å². The minimum atomic E-state index is -0.557. The molecule has 4 rings (SSSR count). The van der Waals surface area contributed by atoms with Crippen LogP contribution in [0.3, 0.4) is 0 Å². The van der Waals surface area contributed by atoms with Gasteiger partial charge in [0.2, 0.25) is 11.8 Å². The number of rotatable bonds is 7. The van der Waals surface area contributed by atoms with E-state index in [1.54, 1.807) is 20.1 Å². The maximum Gasteiger partial charge on any atom is 0.345 e. The maximum atomic E-state index is 13.6. The number of nitrogens with zero attached hydrogens (tertiary/aromatic N) is 3. The number of benzene rings is 2. The van der Waals surface area contributed by atoms with Gasteiger partial charge in [0, 0.05) is 12.2 Å². The molecule has 0 amide bonds. The van der Waals surface area contributed by atoms with Crippen LogP contribution in [0.25, 0.3) is 0 Å². The molecule has 0 saturated carbocycles. The number of hydrogen-bond donors (Lipinski definition) is 0. The summed E-state index contributed by atoms with van der Waals surface area (Å²) in [6, 6.07) is 12.1. The molecule has 31 heavy (non-hydrogen) atoms. The van der Waals surface area contributed by atoms with Crippen LogP contribution in [-0.4, -0.2) is 36.2 Å². The van der Waals surface area contributed by atoms with Gasteiger partial charge >= 0.3 is 5.97 Å². The molecule has 0 spiro atoms. The third-order valence-electron chi connectivity index (χ3n) is 4.92. The minimum absolute atomic E-state index is 0.127. The van der Waals surface area contributed by atoms with Crippen molar-refractivity contribution >= 4 is 17.6 Å². The zero-order valence-corrected chi connectivity index (χ0v) is 17.3. The Morgan fingerprint density at radius 3 is 2.90 bits per heavy atom. The molecule has 7 nitrogen and oxygen atoms in total. The van der Waals surface area contributed by atoms with Crippen molar-refractivity contribution in [2.24, 2.45) is 0 Å². The van der Waals surface area contributed by atoms with E-state index in [9.17, 15) is 9.18 Å². The van der Waals surface area contributed by atoms with E-state index in [-0.39, 0.29) is 30.5 Å². The van der Waals surface area contributed by atoms with E-state index in [2.05, 4.69) is 9.97 Å². The number of fused-ring (bicyclic) bond motifs is 1. The molecule has 2 heterocycles. The topological polar surface area (TPSA) is 73.8 Å². The highest BCUT2D eigenvalue weighted by Crippen LogP contribution is 2.34. The highest BCUT2D eigenvalue weighted by molar-refractivity contribution is 5.91. The second-order valence-electron chi connectivity index (χ2n) is 6.92. The van der Waals surface area contributed by atoms with Gasteiger partial charge in [-0.15, -0.1) is 0 Å². The Labute approximate surface area is 179 Å². The van der Waals surface area contributed by atoms with E-state index in [0.717, 1.165) is 16.8 Å². The van der Waals surface area contributed by atoms with Gasteiger partial charge in [0.15, 0.2) is 0 Å². The molecule has 1 aromatic heterocycles. The molecule has 1 aliphatic heterocycles. The highest BCUT2D eigenvalue weighted by Gasteiger charge is 2.25. The molecule has 0 bridgehead atoms. The normalized spacial score (nSPS) is 12.4. The summed E-state index contributed by atoms with van der Waals surface area (Å²) in [5.41, 5.74) is 2.73. The van der Waals surface area contributed by atoms with E-state index >= 15 is 0 Å². The fourth-order valence-electron chi connectivity index (χ4n) is 3.44. The first-order chi connectivity index (χ1) is 15.1. The summed E-state index contributed by atoms with van der Waals surface area (Å²) < 4.78 is 29.8. The third-order valence-corrected chi connectivity index (χ3v) is 4.92. The van der Waals surface area contributed by atoms with Crippen LogP contribution in [0.5, 0.6) is 11.6 Å². The number of hydrogen-bond acceptors (Lipinski definition) is 7. The summed E-state index contributed by atoms with van der Waals surface area (Å²) in [4.78, 5) is 23.1. The minimum Gasteiger partial charge on any atom is -0.497 e. The van der Waals surface area contributed by atoms with Gasteiger partial charge in [0.25, 0.3) is 0 Å². The van der Waals surface area contributed by atoms with Crippen LogP contribution in [0.1, 0.15) is 28.4 Å². The van der Waals surface area contributed by atoms with E-state index < -0.39 is 5.97 Å². The first-order valence-electron chi connectivity index (χ1n) is 9.95. The monoisotopic (exact) mass is 423 g/mol. The lowest BCUT2D eigenvalue weighted by Gasteiger charge is -2.19. The Hall–Kier alpha value is -3.68. The maximum absolute atomic E-state index is 13.6. The first kappa shape index (κ1) is 20.6. The molecule has 0 fully saturated rings. The molecular formula is C23H22FN3O4. The van der Waals surface area contributed by atoms with Crippen molar-refractivity contribution in [1.29, 1.82) is 0 Å². The van der Waals surface area contributed by atoms with E-state index in [0.29, 0.717) is 24.7 Å². The average molecular weight is 423 g/mol. The lowest BCUT2D eigenvalue weighted by molar-refractivity contribution is 0.0519. The van der Waals surface area contributed by atoms with E-state index in [1.807, 2.05) is 29.2 Å². The SMILES string of the molecule is CCOC(=O)c1cnc(N2CCc3cc(F)ccc32)nc1OCc1cccc(OC)c1. The number of carbonyl (C=O) groups excluding carboxylic acids is 1. The number of carbonyl (C=O) groups is 1. The third kappa shape index (κ3) is 4.42.